The Labute approximate surface area is 111 Å². The fourth-order valence-electron chi connectivity index (χ4n) is 2.20. The van der Waals surface area contributed by atoms with E-state index in [2.05, 4.69) is 10.1 Å². The Morgan fingerprint density at radius 3 is 3.00 bits per heavy atom. The van der Waals surface area contributed by atoms with Crippen LogP contribution in [-0.4, -0.2) is 22.4 Å². The van der Waals surface area contributed by atoms with Gasteiger partial charge in [0.05, 0.1) is 6.42 Å². The quantitative estimate of drug-likeness (QED) is 0.894. The monoisotopic (exact) mass is 260 g/mol. The molecule has 1 fully saturated rings. The lowest BCUT2D eigenvalue weighted by Gasteiger charge is -2.08. The van der Waals surface area contributed by atoms with Gasteiger partial charge >= 0.3 is 0 Å². The molecule has 5 nitrogen and oxygen atoms in total. The zero-order valence-corrected chi connectivity index (χ0v) is 10.7. The van der Waals surface area contributed by atoms with Crippen LogP contribution < -0.4 is 0 Å². The van der Waals surface area contributed by atoms with Gasteiger partial charge in [0.1, 0.15) is 11.9 Å². The summed E-state index contributed by atoms with van der Waals surface area (Å²) < 4.78 is 10.7. The van der Waals surface area contributed by atoms with E-state index < -0.39 is 0 Å². The molecule has 5 heteroatoms. The molecule has 1 atom stereocenters. The summed E-state index contributed by atoms with van der Waals surface area (Å²) in [5.41, 5.74) is 0.940. The lowest BCUT2D eigenvalue weighted by Crippen LogP contribution is -2.05. The van der Waals surface area contributed by atoms with E-state index in [1.165, 1.54) is 0 Å². The van der Waals surface area contributed by atoms with Gasteiger partial charge in [-0.25, -0.2) is 0 Å². The number of phenolic OH excluding ortho intramolecular Hbond substituents is 1. The molecule has 0 spiro atoms. The maximum absolute atomic E-state index is 9.42. The van der Waals surface area contributed by atoms with Crippen LogP contribution in [0.25, 0.3) is 0 Å². The minimum atomic E-state index is -0.0540. The number of ether oxygens (including phenoxy) is 1. The molecule has 0 saturated heterocycles. The van der Waals surface area contributed by atoms with Crippen LogP contribution in [0.3, 0.4) is 0 Å². The summed E-state index contributed by atoms with van der Waals surface area (Å²) >= 11 is 0. The Hall–Kier alpha value is -1.88. The number of nitrogens with zero attached hydrogens (tertiary/aromatic N) is 2. The number of methoxy groups -OCH3 is 1. The van der Waals surface area contributed by atoms with E-state index in [1.54, 1.807) is 25.3 Å². The van der Waals surface area contributed by atoms with Crippen molar-refractivity contribution in [1.29, 1.82) is 0 Å². The molecule has 1 aromatic heterocycles. The first kappa shape index (κ1) is 12.2. The standard InChI is InChI=1S/C14H16N2O3/c1-18-13(10-5-6-10)14-15-12(19-16-14)8-9-3-2-4-11(17)7-9/h2-4,7,10,13,17H,5-6,8H2,1H3. The van der Waals surface area contributed by atoms with Gasteiger partial charge in [-0.3, -0.25) is 0 Å². The van der Waals surface area contributed by atoms with E-state index in [0.717, 1.165) is 18.4 Å². The molecule has 1 N–H and O–H groups in total. The van der Waals surface area contributed by atoms with E-state index in [9.17, 15) is 5.11 Å². The molecule has 1 unspecified atom stereocenters. The lowest BCUT2D eigenvalue weighted by atomic mass is 10.1. The maximum atomic E-state index is 9.42. The number of hydrogen-bond acceptors (Lipinski definition) is 5. The van der Waals surface area contributed by atoms with Crippen molar-refractivity contribution in [3.05, 3.63) is 41.5 Å². The fourth-order valence-corrected chi connectivity index (χ4v) is 2.20. The Kier molecular flexibility index (Phi) is 3.21. The molecule has 0 amide bonds. The molecule has 0 radical (unpaired) electrons. The van der Waals surface area contributed by atoms with Crippen LogP contribution in [0.2, 0.25) is 0 Å². The highest BCUT2D eigenvalue weighted by Gasteiger charge is 2.35. The summed E-state index contributed by atoms with van der Waals surface area (Å²) in [7, 11) is 1.67. The van der Waals surface area contributed by atoms with E-state index in [4.69, 9.17) is 9.26 Å². The molecule has 0 bridgehead atoms. The Morgan fingerprint density at radius 2 is 2.32 bits per heavy atom. The van der Waals surface area contributed by atoms with Crippen LogP contribution in [0.15, 0.2) is 28.8 Å². The second-order valence-corrected chi connectivity index (χ2v) is 4.89. The first-order valence-electron chi connectivity index (χ1n) is 6.39. The second-order valence-electron chi connectivity index (χ2n) is 4.89. The van der Waals surface area contributed by atoms with Gasteiger partial charge in [0.2, 0.25) is 11.7 Å². The third-order valence-electron chi connectivity index (χ3n) is 3.31. The average molecular weight is 260 g/mol. The molecule has 0 aliphatic heterocycles. The van der Waals surface area contributed by atoms with Gasteiger partial charge in [0.25, 0.3) is 0 Å². The number of aromatic nitrogens is 2. The number of benzene rings is 1. The van der Waals surface area contributed by atoms with Crippen LogP contribution in [0.4, 0.5) is 0 Å². The van der Waals surface area contributed by atoms with Crippen molar-refractivity contribution in [2.45, 2.75) is 25.4 Å². The van der Waals surface area contributed by atoms with Crippen molar-refractivity contribution in [1.82, 2.24) is 10.1 Å². The van der Waals surface area contributed by atoms with Crippen LogP contribution in [0.5, 0.6) is 5.75 Å². The molecule has 2 aromatic rings. The fraction of sp³-hybridized carbons (Fsp3) is 0.429. The highest BCUT2D eigenvalue weighted by atomic mass is 16.5. The Morgan fingerprint density at radius 1 is 1.47 bits per heavy atom. The molecule has 100 valence electrons. The predicted molar refractivity (Wildman–Crippen MR) is 67.7 cm³/mol. The van der Waals surface area contributed by atoms with Crippen molar-refractivity contribution >= 4 is 0 Å². The number of hydrogen-bond donors (Lipinski definition) is 1. The largest absolute Gasteiger partial charge is 0.508 e. The smallest absolute Gasteiger partial charge is 0.231 e. The van der Waals surface area contributed by atoms with Crippen LogP contribution >= 0.6 is 0 Å². The highest BCUT2D eigenvalue weighted by molar-refractivity contribution is 5.28. The van der Waals surface area contributed by atoms with Gasteiger partial charge < -0.3 is 14.4 Å². The van der Waals surface area contributed by atoms with Crippen molar-refractivity contribution in [2.24, 2.45) is 5.92 Å². The third-order valence-corrected chi connectivity index (χ3v) is 3.31. The molecule has 1 aromatic carbocycles. The van der Waals surface area contributed by atoms with Gasteiger partial charge in [-0.2, -0.15) is 4.98 Å². The van der Waals surface area contributed by atoms with Gasteiger partial charge in [0, 0.05) is 7.11 Å². The minimum Gasteiger partial charge on any atom is -0.508 e. The van der Waals surface area contributed by atoms with E-state index in [1.807, 2.05) is 6.07 Å². The molecule has 1 aliphatic carbocycles. The zero-order chi connectivity index (χ0) is 13.2. The van der Waals surface area contributed by atoms with Crippen molar-refractivity contribution in [3.63, 3.8) is 0 Å². The topological polar surface area (TPSA) is 68.4 Å². The van der Waals surface area contributed by atoms with E-state index in [-0.39, 0.29) is 11.9 Å². The van der Waals surface area contributed by atoms with Crippen molar-refractivity contribution in [2.75, 3.05) is 7.11 Å². The van der Waals surface area contributed by atoms with Crippen LogP contribution in [0, 0.1) is 5.92 Å². The molecule has 1 aliphatic rings. The molecule has 19 heavy (non-hydrogen) atoms. The normalized spacial score (nSPS) is 16.5. The maximum Gasteiger partial charge on any atom is 0.231 e. The van der Waals surface area contributed by atoms with E-state index in [0.29, 0.717) is 24.1 Å². The van der Waals surface area contributed by atoms with Crippen molar-refractivity contribution in [3.8, 4) is 5.75 Å². The van der Waals surface area contributed by atoms with Gasteiger partial charge in [-0.15, -0.1) is 0 Å². The summed E-state index contributed by atoms with van der Waals surface area (Å²) in [6.45, 7) is 0. The summed E-state index contributed by atoms with van der Waals surface area (Å²) in [6, 6.07) is 7.04. The van der Waals surface area contributed by atoms with Gasteiger partial charge in [0.15, 0.2) is 0 Å². The minimum absolute atomic E-state index is 0.0540. The molecule has 1 heterocycles. The molecular weight excluding hydrogens is 244 g/mol. The average Bonchev–Trinajstić information content (AvgIpc) is 3.12. The molecule has 3 rings (SSSR count). The van der Waals surface area contributed by atoms with Gasteiger partial charge in [-0.1, -0.05) is 17.3 Å². The summed E-state index contributed by atoms with van der Waals surface area (Å²) in [5, 5.41) is 13.4. The van der Waals surface area contributed by atoms with Crippen molar-refractivity contribution < 1.29 is 14.4 Å². The Bertz CT molecular complexity index is 563. The molecule has 1 saturated carbocycles. The number of rotatable bonds is 5. The number of aromatic hydroxyl groups is 1. The first-order chi connectivity index (χ1) is 9.26. The summed E-state index contributed by atoms with van der Waals surface area (Å²) in [6.07, 6.45) is 2.79. The Balaban J connectivity index is 1.74. The first-order valence-corrected chi connectivity index (χ1v) is 6.39. The SMILES string of the molecule is COC(c1noc(Cc2cccc(O)c2)n1)C1CC1. The third kappa shape index (κ3) is 2.76. The lowest BCUT2D eigenvalue weighted by molar-refractivity contribution is 0.0751. The predicted octanol–water partition coefficient (Wildman–Crippen LogP) is 2.46. The van der Waals surface area contributed by atoms with Gasteiger partial charge in [-0.05, 0) is 36.5 Å². The second kappa shape index (κ2) is 5.01. The number of phenols is 1. The summed E-state index contributed by atoms with van der Waals surface area (Å²) in [5.74, 6) is 1.93. The summed E-state index contributed by atoms with van der Waals surface area (Å²) in [4.78, 5) is 4.38. The molecular formula is C14H16N2O3. The van der Waals surface area contributed by atoms with E-state index >= 15 is 0 Å². The zero-order valence-electron chi connectivity index (χ0n) is 10.7. The van der Waals surface area contributed by atoms with Crippen LogP contribution in [-0.2, 0) is 11.2 Å². The van der Waals surface area contributed by atoms with Crippen LogP contribution in [0.1, 0.15) is 36.2 Å². The highest BCUT2D eigenvalue weighted by Crippen LogP contribution is 2.41.